The zero-order valence-corrected chi connectivity index (χ0v) is 13.0. The molecule has 0 saturated carbocycles. The highest BCUT2D eigenvalue weighted by molar-refractivity contribution is 5.82. The molecule has 0 aliphatic carbocycles. The number of aliphatic imine (C=N–C) groups is 1. The summed E-state index contributed by atoms with van der Waals surface area (Å²) in [6.45, 7) is 8.70. The molecule has 0 radical (unpaired) electrons. The van der Waals surface area contributed by atoms with E-state index in [0.29, 0.717) is 6.04 Å². The molecular formula is C14H31N3. The molecule has 0 fully saturated rings. The zero-order valence-electron chi connectivity index (χ0n) is 13.0. The lowest BCUT2D eigenvalue weighted by molar-refractivity contribution is 0.278. The van der Waals surface area contributed by atoms with Gasteiger partial charge in [0.25, 0.3) is 0 Å². The van der Waals surface area contributed by atoms with Crippen LogP contribution in [0.1, 0.15) is 47.0 Å². The van der Waals surface area contributed by atoms with Crippen LogP contribution < -0.4 is 0 Å². The van der Waals surface area contributed by atoms with Crippen molar-refractivity contribution >= 4 is 5.84 Å². The number of amidine groups is 1. The Morgan fingerprint density at radius 2 is 1.65 bits per heavy atom. The molecule has 0 aliphatic rings. The van der Waals surface area contributed by atoms with Crippen LogP contribution in [0.4, 0.5) is 0 Å². The Bertz CT molecular complexity index is 236. The van der Waals surface area contributed by atoms with Gasteiger partial charge in [0.05, 0.1) is 5.54 Å². The maximum absolute atomic E-state index is 4.83. The number of hydrogen-bond acceptors (Lipinski definition) is 2. The van der Waals surface area contributed by atoms with E-state index in [-0.39, 0.29) is 5.54 Å². The van der Waals surface area contributed by atoms with Crippen molar-refractivity contribution < 1.29 is 0 Å². The normalized spacial score (nSPS) is 15.2. The molecule has 0 spiro atoms. The lowest BCUT2D eigenvalue weighted by Crippen LogP contribution is -2.36. The highest BCUT2D eigenvalue weighted by atomic mass is 15.2. The van der Waals surface area contributed by atoms with E-state index < -0.39 is 0 Å². The van der Waals surface area contributed by atoms with Crippen LogP contribution in [0.15, 0.2) is 4.99 Å². The third-order valence-corrected chi connectivity index (χ3v) is 2.75. The predicted molar refractivity (Wildman–Crippen MR) is 77.9 cm³/mol. The monoisotopic (exact) mass is 241 g/mol. The molecule has 0 saturated heterocycles. The van der Waals surface area contributed by atoms with Crippen molar-refractivity contribution in [2.75, 3.05) is 28.2 Å². The maximum Gasteiger partial charge on any atom is 0.101 e. The van der Waals surface area contributed by atoms with Gasteiger partial charge in [-0.2, -0.15) is 0 Å². The average molecular weight is 241 g/mol. The largest absolute Gasteiger partial charge is 0.366 e. The molecule has 0 heterocycles. The molecule has 0 bridgehead atoms. The van der Waals surface area contributed by atoms with Crippen LogP contribution in [0.5, 0.6) is 0 Å². The van der Waals surface area contributed by atoms with Crippen LogP contribution in [-0.4, -0.2) is 55.4 Å². The van der Waals surface area contributed by atoms with Gasteiger partial charge in [-0.25, -0.2) is 0 Å². The van der Waals surface area contributed by atoms with Gasteiger partial charge in [-0.3, -0.25) is 4.99 Å². The Morgan fingerprint density at radius 1 is 1.12 bits per heavy atom. The number of hydrogen-bond donors (Lipinski definition) is 0. The Morgan fingerprint density at radius 3 is 1.94 bits per heavy atom. The van der Waals surface area contributed by atoms with E-state index in [1.165, 1.54) is 18.7 Å². The first-order valence-electron chi connectivity index (χ1n) is 6.60. The van der Waals surface area contributed by atoms with E-state index >= 15 is 0 Å². The smallest absolute Gasteiger partial charge is 0.101 e. The minimum atomic E-state index is 0.00266. The Balaban J connectivity index is 4.80. The van der Waals surface area contributed by atoms with Crippen molar-refractivity contribution in [3.8, 4) is 0 Å². The predicted octanol–water partition coefficient (Wildman–Crippen LogP) is 2.87. The zero-order chi connectivity index (χ0) is 13.6. The van der Waals surface area contributed by atoms with Gasteiger partial charge in [0.15, 0.2) is 0 Å². The second-order valence-corrected chi connectivity index (χ2v) is 6.20. The lowest BCUT2D eigenvalue weighted by atomic mass is 10.1. The molecule has 1 atom stereocenters. The molecule has 102 valence electrons. The maximum atomic E-state index is 4.83. The lowest BCUT2D eigenvalue weighted by Gasteiger charge is -2.29. The first kappa shape index (κ1) is 16.4. The van der Waals surface area contributed by atoms with Crippen molar-refractivity contribution in [1.29, 1.82) is 0 Å². The molecule has 0 aromatic rings. The van der Waals surface area contributed by atoms with E-state index in [1.807, 2.05) is 0 Å². The number of rotatable bonds is 5. The summed E-state index contributed by atoms with van der Waals surface area (Å²) in [6, 6.07) is 0.587. The van der Waals surface area contributed by atoms with E-state index in [2.05, 4.69) is 65.7 Å². The van der Waals surface area contributed by atoms with Crippen molar-refractivity contribution in [1.82, 2.24) is 9.80 Å². The third-order valence-electron chi connectivity index (χ3n) is 2.75. The molecule has 0 aromatic carbocycles. The van der Waals surface area contributed by atoms with Gasteiger partial charge < -0.3 is 9.80 Å². The summed E-state index contributed by atoms with van der Waals surface area (Å²) in [7, 11) is 8.49. The summed E-state index contributed by atoms with van der Waals surface area (Å²) in [5, 5.41) is 0. The fraction of sp³-hybridized carbons (Fsp3) is 0.929. The van der Waals surface area contributed by atoms with E-state index in [9.17, 15) is 0 Å². The first-order valence-corrected chi connectivity index (χ1v) is 6.60. The molecule has 17 heavy (non-hydrogen) atoms. The highest BCUT2D eigenvalue weighted by Gasteiger charge is 2.17. The van der Waals surface area contributed by atoms with Gasteiger partial charge in [-0.05, 0) is 41.3 Å². The van der Waals surface area contributed by atoms with E-state index in [1.54, 1.807) is 0 Å². The van der Waals surface area contributed by atoms with Crippen LogP contribution in [0, 0.1) is 0 Å². The summed E-state index contributed by atoms with van der Waals surface area (Å²) < 4.78 is 0. The van der Waals surface area contributed by atoms with E-state index in [0.717, 1.165) is 6.42 Å². The second kappa shape index (κ2) is 7.00. The third kappa shape index (κ3) is 7.37. The van der Waals surface area contributed by atoms with Gasteiger partial charge in [-0.15, -0.1) is 0 Å². The first-order chi connectivity index (χ1) is 7.67. The van der Waals surface area contributed by atoms with Crippen LogP contribution in [0.25, 0.3) is 0 Å². The van der Waals surface area contributed by atoms with Gasteiger partial charge in [0.2, 0.25) is 0 Å². The molecule has 1 unspecified atom stereocenters. The molecule has 3 heteroatoms. The summed E-state index contributed by atoms with van der Waals surface area (Å²) in [4.78, 5) is 9.29. The minimum absolute atomic E-state index is 0.00266. The summed E-state index contributed by atoms with van der Waals surface area (Å²) in [6.07, 6.45) is 3.48. The van der Waals surface area contributed by atoms with Gasteiger partial charge in [0, 0.05) is 26.6 Å². The fourth-order valence-corrected chi connectivity index (χ4v) is 1.80. The fourth-order valence-electron chi connectivity index (χ4n) is 1.80. The quantitative estimate of drug-likeness (QED) is 0.544. The second-order valence-electron chi connectivity index (χ2n) is 6.20. The highest BCUT2D eigenvalue weighted by Crippen LogP contribution is 2.14. The molecule has 0 N–H and O–H groups in total. The topological polar surface area (TPSA) is 18.8 Å². The van der Waals surface area contributed by atoms with Gasteiger partial charge in [0.1, 0.15) is 5.84 Å². The summed E-state index contributed by atoms with van der Waals surface area (Å²) in [5.41, 5.74) is 0.00266. The summed E-state index contributed by atoms with van der Waals surface area (Å²) >= 11 is 0. The van der Waals surface area contributed by atoms with Crippen molar-refractivity contribution in [3.63, 3.8) is 0 Å². The Hall–Kier alpha value is -0.570. The molecular weight excluding hydrogens is 210 g/mol. The Kier molecular flexibility index (Phi) is 6.76. The standard InChI is InChI=1S/C14H31N3/c1-9-10-12(16(5)6)11-13(17(7)8)15-14(2,3)4/h12H,9-11H2,1-8H3. The molecule has 0 aromatic heterocycles. The SMILES string of the molecule is CCCC(CC(=NC(C)(C)C)N(C)C)N(C)C. The Labute approximate surface area is 108 Å². The minimum Gasteiger partial charge on any atom is -0.366 e. The molecule has 0 amide bonds. The van der Waals surface area contributed by atoms with Crippen LogP contribution in [0.3, 0.4) is 0 Å². The van der Waals surface area contributed by atoms with Crippen LogP contribution in [-0.2, 0) is 0 Å². The van der Waals surface area contributed by atoms with Crippen molar-refractivity contribution in [2.24, 2.45) is 4.99 Å². The van der Waals surface area contributed by atoms with Crippen molar-refractivity contribution in [2.45, 2.75) is 58.5 Å². The molecule has 0 rings (SSSR count). The van der Waals surface area contributed by atoms with Crippen LogP contribution in [0.2, 0.25) is 0 Å². The molecule has 0 aliphatic heterocycles. The summed E-state index contributed by atoms with van der Waals surface area (Å²) in [5.74, 6) is 1.20. The average Bonchev–Trinajstić information content (AvgIpc) is 2.13. The number of nitrogens with zero attached hydrogens (tertiary/aromatic N) is 3. The van der Waals surface area contributed by atoms with Crippen molar-refractivity contribution in [3.05, 3.63) is 0 Å². The van der Waals surface area contributed by atoms with Crippen LogP contribution >= 0.6 is 0 Å². The molecule has 3 nitrogen and oxygen atoms in total. The van der Waals surface area contributed by atoms with Gasteiger partial charge >= 0.3 is 0 Å². The van der Waals surface area contributed by atoms with Gasteiger partial charge in [-0.1, -0.05) is 13.3 Å². The van der Waals surface area contributed by atoms with E-state index in [4.69, 9.17) is 4.99 Å².